The fourth-order valence-electron chi connectivity index (χ4n) is 5.91. The quantitative estimate of drug-likeness (QED) is 0.480. The summed E-state index contributed by atoms with van der Waals surface area (Å²) < 4.78 is 6.66. The number of benzene rings is 2. The zero-order valence-electron chi connectivity index (χ0n) is 20.4. The lowest BCUT2D eigenvalue weighted by atomic mass is 9.79. The third-order valence-corrected chi connectivity index (χ3v) is 7.88. The number of hydrogen-bond donors (Lipinski definition) is 0. The van der Waals surface area contributed by atoms with Crippen molar-refractivity contribution in [3.8, 4) is 5.75 Å². The molecule has 0 radical (unpaired) electrons. The lowest BCUT2D eigenvalue weighted by Gasteiger charge is -2.50. The summed E-state index contributed by atoms with van der Waals surface area (Å²) in [4.78, 5) is 11.6. The molecule has 0 amide bonds. The van der Waals surface area contributed by atoms with Gasteiger partial charge in [-0.25, -0.2) is 10.0 Å². The molecule has 6 nitrogen and oxygen atoms in total. The Morgan fingerprint density at radius 1 is 1.09 bits per heavy atom. The number of rotatable bonds is 8. The molecular formula is C29H34N5O+. The van der Waals surface area contributed by atoms with Gasteiger partial charge in [-0.15, -0.1) is 4.59 Å². The minimum Gasteiger partial charge on any atom is -0.489 e. The van der Waals surface area contributed by atoms with E-state index in [9.17, 15) is 0 Å². The van der Waals surface area contributed by atoms with E-state index in [1.807, 2.05) is 49.2 Å². The predicted octanol–water partition coefficient (Wildman–Crippen LogP) is 5.51. The first-order valence-electron chi connectivity index (χ1n) is 12.9. The average Bonchev–Trinajstić information content (AvgIpc) is 3.48. The first kappa shape index (κ1) is 22.3. The van der Waals surface area contributed by atoms with E-state index in [-0.39, 0.29) is 0 Å². The second kappa shape index (κ2) is 9.44. The van der Waals surface area contributed by atoms with Crippen molar-refractivity contribution in [2.75, 3.05) is 18.1 Å². The Morgan fingerprint density at radius 2 is 1.97 bits per heavy atom. The molecule has 0 spiro atoms. The number of allylic oxidation sites excluding steroid dienone is 1. The van der Waals surface area contributed by atoms with E-state index in [0.29, 0.717) is 17.2 Å². The minimum absolute atomic E-state index is 0.423. The van der Waals surface area contributed by atoms with Crippen LogP contribution in [0.3, 0.4) is 0 Å². The fourth-order valence-corrected chi connectivity index (χ4v) is 5.91. The van der Waals surface area contributed by atoms with E-state index in [4.69, 9.17) is 4.74 Å². The van der Waals surface area contributed by atoms with Crippen molar-refractivity contribution in [3.05, 3.63) is 84.5 Å². The van der Waals surface area contributed by atoms with Gasteiger partial charge in [0.2, 0.25) is 12.0 Å². The second-order valence-corrected chi connectivity index (χ2v) is 10.2. The molecule has 0 N–H and O–H groups in total. The SMILES string of the molecule is CC1CCCN1CC1CC(N(c2cccc(OCc3ccccc3)c2)[N+]23C=CN=CC2=CN=C3)C1. The summed E-state index contributed by atoms with van der Waals surface area (Å²) in [7, 11) is 0. The van der Waals surface area contributed by atoms with Gasteiger partial charge in [0.15, 0.2) is 6.20 Å². The molecule has 1 saturated heterocycles. The van der Waals surface area contributed by atoms with Crippen LogP contribution in [-0.4, -0.2) is 47.2 Å². The van der Waals surface area contributed by atoms with Crippen molar-refractivity contribution in [3.63, 3.8) is 0 Å². The van der Waals surface area contributed by atoms with Crippen LogP contribution in [-0.2, 0) is 6.61 Å². The summed E-state index contributed by atoms with van der Waals surface area (Å²) >= 11 is 0. The summed E-state index contributed by atoms with van der Waals surface area (Å²) in [6.07, 6.45) is 14.9. The fraction of sp³-hybridized carbons (Fsp3) is 0.379. The maximum atomic E-state index is 6.20. The van der Waals surface area contributed by atoms with Gasteiger partial charge in [-0.3, -0.25) is 4.99 Å². The van der Waals surface area contributed by atoms with Crippen LogP contribution in [0.2, 0.25) is 0 Å². The number of fused-ring (bicyclic) bond motifs is 1. The molecule has 1 saturated carbocycles. The van der Waals surface area contributed by atoms with E-state index in [2.05, 4.69) is 63.3 Å². The molecule has 2 unspecified atom stereocenters. The van der Waals surface area contributed by atoms with Crippen LogP contribution in [0.15, 0.2) is 88.9 Å². The van der Waals surface area contributed by atoms with E-state index >= 15 is 0 Å². The highest BCUT2D eigenvalue weighted by Crippen LogP contribution is 2.43. The van der Waals surface area contributed by atoms with Gasteiger partial charge in [0.05, 0.1) is 30.3 Å². The molecule has 3 heterocycles. The monoisotopic (exact) mass is 468 g/mol. The Labute approximate surface area is 208 Å². The largest absolute Gasteiger partial charge is 0.489 e. The van der Waals surface area contributed by atoms with Crippen LogP contribution >= 0.6 is 0 Å². The van der Waals surface area contributed by atoms with Crippen LogP contribution in [0.5, 0.6) is 5.75 Å². The van der Waals surface area contributed by atoms with Crippen LogP contribution in [0.25, 0.3) is 0 Å². The molecule has 4 aliphatic rings. The van der Waals surface area contributed by atoms with Gasteiger partial charge in [0.1, 0.15) is 12.4 Å². The van der Waals surface area contributed by atoms with Crippen LogP contribution in [0, 0.1) is 5.92 Å². The Bertz CT molecular complexity index is 1170. The van der Waals surface area contributed by atoms with E-state index in [1.54, 1.807) is 0 Å². The highest BCUT2D eigenvalue weighted by Gasteiger charge is 2.49. The number of aliphatic imine (C=N–C) groups is 2. The van der Waals surface area contributed by atoms with Crippen LogP contribution in [0.1, 0.15) is 38.2 Å². The highest BCUT2D eigenvalue weighted by molar-refractivity contribution is 5.82. The van der Waals surface area contributed by atoms with Gasteiger partial charge in [-0.1, -0.05) is 36.4 Å². The summed E-state index contributed by atoms with van der Waals surface area (Å²) in [6.45, 7) is 5.42. The third-order valence-electron chi connectivity index (χ3n) is 7.88. The topological polar surface area (TPSA) is 40.4 Å². The number of quaternary nitrogens is 1. The number of ether oxygens (including phenoxy) is 1. The zero-order chi connectivity index (χ0) is 23.7. The first-order valence-corrected chi connectivity index (χ1v) is 12.9. The summed E-state index contributed by atoms with van der Waals surface area (Å²) in [6, 6.07) is 20.0. The molecular weight excluding hydrogens is 434 g/mol. The van der Waals surface area contributed by atoms with E-state index in [1.165, 1.54) is 44.3 Å². The van der Waals surface area contributed by atoms with Gasteiger partial charge in [-0.05, 0) is 62.8 Å². The molecule has 2 fully saturated rings. The molecule has 2 atom stereocenters. The normalized spacial score (nSPS) is 29.1. The standard InChI is InChI=1S/C29H34N5O/c1-23-7-6-13-32(23)20-25-15-27(16-25)33(34-14-12-30-18-28(34)19-31-22-34)26-10-5-11-29(17-26)35-21-24-8-3-2-4-9-24/h2-5,8-12,14,17-19,22-23,25,27H,6-7,13,15-16,20-21H2,1H3/q+1. The maximum absolute atomic E-state index is 6.20. The maximum Gasteiger partial charge on any atom is 0.225 e. The van der Waals surface area contributed by atoms with Gasteiger partial charge in [0.25, 0.3) is 0 Å². The van der Waals surface area contributed by atoms with Crippen molar-refractivity contribution in [1.29, 1.82) is 0 Å². The Balaban J connectivity index is 1.24. The molecule has 6 rings (SSSR count). The molecule has 0 aromatic heterocycles. The Hall–Kier alpha value is -3.22. The van der Waals surface area contributed by atoms with Crippen LogP contribution < -0.4 is 9.75 Å². The first-order chi connectivity index (χ1) is 17.2. The summed E-state index contributed by atoms with van der Waals surface area (Å²) in [5, 5.41) is 2.50. The molecule has 3 aliphatic heterocycles. The summed E-state index contributed by atoms with van der Waals surface area (Å²) in [5.74, 6) is 1.63. The molecule has 2 aromatic carbocycles. The van der Waals surface area contributed by atoms with E-state index < -0.39 is 0 Å². The third kappa shape index (κ3) is 4.32. The van der Waals surface area contributed by atoms with Crippen molar-refractivity contribution in [1.82, 2.24) is 4.90 Å². The van der Waals surface area contributed by atoms with Crippen molar-refractivity contribution >= 4 is 18.2 Å². The number of nitrogens with zero attached hydrogens (tertiary/aromatic N) is 5. The van der Waals surface area contributed by atoms with Gasteiger partial charge >= 0.3 is 0 Å². The molecule has 180 valence electrons. The zero-order valence-corrected chi connectivity index (χ0v) is 20.4. The lowest BCUT2D eigenvalue weighted by Crippen LogP contribution is -2.63. The predicted molar refractivity (Wildman–Crippen MR) is 141 cm³/mol. The molecule has 2 aromatic rings. The Kier molecular flexibility index (Phi) is 6.00. The van der Waals surface area contributed by atoms with Gasteiger partial charge in [0, 0.05) is 18.7 Å². The van der Waals surface area contributed by atoms with Crippen molar-refractivity contribution in [2.45, 2.75) is 51.3 Å². The molecule has 6 heteroatoms. The number of anilines is 1. The van der Waals surface area contributed by atoms with E-state index in [0.717, 1.165) is 29.1 Å². The Morgan fingerprint density at radius 3 is 2.80 bits per heavy atom. The molecule has 0 bridgehead atoms. The number of hydrogen-bond acceptors (Lipinski definition) is 5. The number of likely N-dealkylation sites (tertiary alicyclic amines) is 1. The van der Waals surface area contributed by atoms with Crippen molar-refractivity contribution < 1.29 is 9.33 Å². The average molecular weight is 469 g/mol. The molecule has 35 heavy (non-hydrogen) atoms. The van der Waals surface area contributed by atoms with Crippen molar-refractivity contribution in [2.24, 2.45) is 15.9 Å². The smallest absolute Gasteiger partial charge is 0.225 e. The van der Waals surface area contributed by atoms with Gasteiger partial charge in [-0.2, -0.15) is 0 Å². The van der Waals surface area contributed by atoms with Crippen LogP contribution in [0.4, 0.5) is 5.69 Å². The minimum atomic E-state index is 0.423. The summed E-state index contributed by atoms with van der Waals surface area (Å²) in [5.41, 5.74) is 3.38. The van der Waals surface area contributed by atoms with Gasteiger partial charge < -0.3 is 9.64 Å². The molecule has 1 aliphatic carbocycles. The highest BCUT2D eigenvalue weighted by atomic mass is 16.5. The lowest BCUT2D eigenvalue weighted by molar-refractivity contribution is -0.747. The second-order valence-electron chi connectivity index (χ2n) is 10.2.